The molecule has 1 N–H and O–H groups in total. The number of fused-ring (bicyclic) bond motifs is 1. The van der Waals surface area contributed by atoms with Gasteiger partial charge in [0.25, 0.3) is 0 Å². The van der Waals surface area contributed by atoms with E-state index in [1.54, 1.807) is 6.20 Å². The van der Waals surface area contributed by atoms with E-state index in [-0.39, 0.29) is 11.8 Å². The van der Waals surface area contributed by atoms with Gasteiger partial charge in [0.15, 0.2) is 0 Å². The van der Waals surface area contributed by atoms with Gasteiger partial charge in [-0.3, -0.25) is 4.79 Å². The average molecular weight is 289 g/mol. The highest BCUT2D eigenvalue weighted by atomic mass is 32.1. The lowest BCUT2D eigenvalue weighted by Gasteiger charge is -2.23. The van der Waals surface area contributed by atoms with Crippen molar-refractivity contribution in [2.45, 2.75) is 26.2 Å². The van der Waals surface area contributed by atoms with Gasteiger partial charge in [-0.15, -0.1) is 0 Å². The topological polar surface area (TPSA) is 64.1 Å². The minimum Gasteiger partial charge on any atom is -0.478 e. The molecular formula is C14H15N3O2S. The maximum Gasteiger partial charge on any atom is 0.225 e. The first-order valence-corrected chi connectivity index (χ1v) is 7.31. The van der Waals surface area contributed by atoms with Crippen molar-refractivity contribution in [1.29, 1.82) is 0 Å². The van der Waals surface area contributed by atoms with Gasteiger partial charge in [0.2, 0.25) is 11.8 Å². The van der Waals surface area contributed by atoms with Crippen molar-refractivity contribution in [3.8, 4) is 5.88 Å². The number of aryl methyl sites for hydroxylation is 1. The number of aromatic nitrogens is 2. The van der Waals surface area contributed by atoms with Gasteiger partial charge in [0.1, 0.15) is 5.00 Å². The molecule has 1 amide bonds. The SMILES string of the molecule is CCOc1ccc([C@@H]2CC(=O)Nc3snc(C)c32)cn1. The van der Waals surface area contributed by atoms with Crippen LogP contribution in [0.5, 0.6) is 5.88 Å². The molecule has 2 aromatic rings. The van der Waals surface area contributed by atoms with Crippen LogP contribution in [0, 0.1) is 6.92 Å². The van der Waals surface area contributed by atoms with Crippen molar-refractivity contribution >= 4 is 22.4 Å². The molecule has 0 aliphatic carbocycles. The van der Waals surface area contributed by atoms with E-state index in [2.05, 4.69) is 14.7 Å². The quantitative estimate of drug-likeness (QED) is 0.943. The highest BCUT2D eigenvalue weighted by Crippen LogP contribution is 2.41. The number of carbonyl (C=O) groups excluding carboxylic acids is 1. The monoisotopic (exact) mass is 289 g/mol. The van der Waals surface area contributed by atoms with Crippen molar-refractivity contribution in [2.75, 3.05) is 11.9 Å². The number of anilines is 1. The number of carbonyl (C=O) groups is 1. The average Bonchev–Trinajstić information content (AvgIpc) is 2.81. The minimum absolute atomic E-state index is 0.0278. The molecule has 6 heteroatoms. The van der Waals surface area contributed by atoms with E-state index in [9.17, 15) is 4.79 Å². The van der Waals surface area contributed by atoms with Crippen LogP contribution in [0.2, 0.25) is 0 Å². The zero-order valence-corrected chi connectivity index (χ0v) is 12.2. The van der Waals surface area contributed by atoms with Gasteiger partial charge >= 0.3 is 0 Å². The van der Waals surface area contributed by atoms with Crippen LogP contribution in [0.1, 0.15) is 36.1 Å². The highest BCUT2D eigenvalue weighted by molar-refractivity contribution is 7.10. The maximum atomic E-state index is 11.8. The number of pyridine rings is 1. The lowest BCUT2D eigenvalue weighted by molar-refractivity contribution is -0.116. The van der Waals surface area contributed by atoms with Crippen LogP contribution in [-0.4, -0.2) is 21.9 Å². The molecule has 5 nitrogen and oxygen atoms in total. The number of hydrogen-bond donors (Lipinski definition) is 1. The number of ether oxygens (including phenoxy) is 1. The summed E-state index contributed by atoms with van der Waals surface area (Å²) >= 11 is 1.34. The van der Waals surface area contributed by atoms with Crippen molar-refractivity contribution in [2.24, 2.45) is 0 Å². The van der Waals surface area contributed by atoms with Gasteiger partial charge in [-0.2, -0.15) is 4.37 Å². The molecule has 104 valence electrons. The fourth-order valence-corrected chi connectivity index (χ4v) is 3.33. The van der Waals surface area contributed by atoms with Gasteiger partial charge in [-0.25, -0.2) is 4.98 Å². The summed E-state index contributed by atoms with van der Waals surface area (Å²) in [5, 5.41) is 3.74. The van der Waals surface area contributed by atoms with Gasteiger partial charge in [-0.1, -0.05) is 6.07 Å². The van der Waals surface area contributed by atoms with Crippen molar-refractivity contribution in [3.63, 3.8) is 0 Å². The molecule has 3 rings (SSSR count). The van der Waals surface area contributed by atoms with Crippen LogP contribution >= 0.6 is 11.5 Å². The van der Waals surface area contributed by atoms with Gasteiger partial charge < -0.3 is 10.1 Å². The first kappa shape index (κ1) is 13.1. The molecule has 1 aliphatic rings. The standard InChI is InChI=1S/C14H15N3O2S/c1-3-19-12-5-4-9(7-15-12)10-6-11(18)16-14-13(10)8(2)17-20-14/h4-5,7,10H,3,6H2,1-2H3,(H,16,18)/t10-/m0/s1. The second-order valence-electron chi connectivity index (χ2n) is 4.68. The molecule has 0 radical (unpaired) electrons. The molecule has 0 bridgehead atoms. The van der Waals surface area contributed by atoms with E-state index >= 15 is 0 Å². The summed E-state index contributed by atoms with van der Waals surface area (Å²) in [5.74, 6) is 0.664. The fourth-order valence-electron chi connectivity index (χ4n) is 2.46. The Morgan fingerprint density at radius 1 is 1.50 bits per heavy atom. The summed E-state index contributed by atoms with van der Waals surface area (Å²) in [5.41, 5.74) is 3.11. The van der Waals surface area contributed by atoms with Crippen LogP contribution in [-0.2, 0) is 4.79 Å². The predicted octanol–water partition coefficient (Wildman–Crippen LogP) is 2.72. The lowest BCUT2D eigenvalue weighted by Crippen LogP contribution is -2.22. The van der Waals surface area contributed by atoms with Crippen molar-refractivity contribution < 1.29 is 9.53 Å². The van der Waals surface area contributed by atoms with Crippen LogP contribution in [0.15, 0.2) is 18.3 Å². The van der Waals surface area contributed by atoms with E-state index in [0.717, 1.165) is 21.8 Å². The molecule has 20 heavy (non-hydrogen) atoms. The summed E-state index contributed by atoms with van der Waals surface area (Å²) in [6.07, 6.45) is 2.22. The number of rotatable bonds is 3. The second kappa shape index (κ2) is 5.20. The van der Waals surface area contributed by atoms with E-state index in [1.807, 2.05) is 26.0 Å². The molecular weight excluding hydrogens is 274 g/mol. The first-order valence-electron chi connectivity index (χ1n) is 6.53. The third-order valence-electron chi connectivity index (χ3n) is 3.35. The second-order valence-corrected chi connectivity index (χ2v) is 5.45. The Kier molecular flexibility index (Phi) is 3.40. The summed E-state index contributed by atoms with van der Waals surface area (Å²) in [7, 11) is 0. The van der Waals surface area contributed by atoms with Crippen LogP contribution < -0.4 is 10.1 Å². The fraction of sp³-hybridized carbons (Fsp3) is 0.357. The van der Waals surface area contributed by atoms with E-state index in [1.165, 1.54) is 11.5 Å². The molecule has 1 atom stereocenters. The Labute approximate surface area is 121 Å². The third-order valence-corrected chi connectivity index (χ3v) is 4.22. The Balaban J connectivity index is 1.97. The molecule has 1 aliphatic heterocycles. The smallest absolute Gasteiger partial charge is 0.225 e. The minimum atomic E-state index is 0.0278. The Hall–Kier alpha value is -1.95. The third kappa shape index (κ3) is 2.27. The van der Waals surface area contributed by atoms with Crippen molar-refractivity contribution in [1.82, 2.24) is 9.36 Å². The van der Waals surface area contributed by atoms with Crippen LogP contribution in [0.4, 0.5) is 5.00 Å². The lowest BCUT2D eigenvalue weighted by atomic mass is 9.87. The molecule has 0 saturated carbocycles. The van der Waals surface area contributed by atoms with Gasteiger partial charge in [0.05, 0.1) is 12.3 Å². The highest BCUT2D eigenvalue weighted by Gasteiger charge is 2.30. The zero-order chi connectivity index (χ0) is 14.1. The summed E-state index contributed by atoms with van der Waals surface area (Å²) in [4.78, 5) is 16.1. The number of hydrogen-bond acceptors (Lipinski definition) is 5. The van der Waals surface area contributed by atoms with Crippen LogP contribution in [0.25, 0.3) is 0 Å². The predicted molar refractivity (Wildman–Crippen MR) is 77.3 cm³/mol. The van der Waals surface area contributed by atoms with E-state index in [4.69, 9.17) is 4.74 Å². The molecule has 0 spiro atoms. The zero-order valence-electron chi connectivity index (χ0n) is 11.3. The maximum absolute atomic E-state index is 11.8. The number of nitrogens with zero attached hydrogens (tertiary/aromatic N) is 2. The van der Waals surface area contributed by atoms with Gasteiger partial charge in [0, 0.05) is 30.2 Å². The Morgan fingerprint density at radius 3 is 3.05 bits per heavy atom. The van der Waals surface area contributed by atoms with Crippen LogP contribution in [0.3, 0.4) is 0 Å². The molecule has 2 aromatic heterocycles. The molecule has 0 aromatic carbocycles. The molecule has 0 fully saturated rings. The molecule has 0 saturated heterocycles. The Bertz CT molecular complexity index is 636. The Morgan fingerprint density at radius 2 is 2.35 bits per heavy atom. The first-order chi connectivity index (χ1) is 9.69. The van der Waals surface area contributed by atoms with Crippen molar-refractivity contribution in [3.05, 3.63) is 35.2 Å². The number of nitrogens with one attached hydrogen (secondary N) is 1. The molecule has 0 unspecified atom stereocenters. The van der Waals surface area contributed by atoms with E-state index < -0.39 is 0 Å². The summed E-state index contributed by atoms with van der Waals surface area (Å²) < 4.78 is 9.68. The number of amides is 1. The summed E-state index contributed by atoms with van der Waals surface area (Å²) in [6.45, 7) is 4.49. The normalized spacial score (nSPS) is 17.5. The van der Waals surface area contributed by atoms with E-state index in [0.29, 0.717) is 18.9 Å². The largest absolute Gasteiger partial charge is 0.478 e. The molecule has 3 heterocycles. The summed E-state index contributed by atoms with van der Waals surface area (Å²) in [6, 6.07) is 3.82. The van der Waals surface area contributed by atoms with Gasteiger partial charge in [-0.05, 0) is 30.9 Å².